The zero-order chi connectivity index (χ0) is 27.4. The average Bonchev–Trinajstić information content (AvgIpc) is 2.95. The van der Waals surface area contributed by atoms with Gasteiger partial charge in [0, 0.05) is 36.8 Å². The van der Waals surface area contributed by atoms with E-state index in [4.69, 9.17) is 4.74 Å². The molecule has 1 aliphatic heterocycles. The summed E-state index contributed by atoms with van der Waals surface area (Å²) in [5.74, 6) is -0.846. The molecule has 1 unspecified atom stereocenters. The number of amides is 2. The SMILES string of the molecule is CCc1ccc(C(=O)N2CCN(C(=O)c3nc(-c4ccccc4)nc(C(C)C)c3C(=O)OC)CC2C)cc1. The molecular weight excluding hydrogens is 480 g/mol. The number of ether oxygens (including phenoxy) is 1. The molecule has 8 nitrogen and oxygen atoms in total. The maximum absolute atomic E-state index is 13.9. The molecule has 1 aromatic heterocycles. The number of benzene rings is 2. The van der Waals surface area contributed by atoms with Crippen molar-refractivity contribution in [1.82, 2.24) is 19.8 Å². The molecule has 1 atom stereocenters. The monoisotopic (exact) mass is 514 g/mol. The third-order valence-electron chi connectivity index (χ3n) is 6.89. The number of nitrogens with zero attached hydrogens (tertiary/aromatic N) is 4. The van der Waals surface area contributed by atoms with Gasteiger partial charge in [-0.3, -0.25) is 9.59 Å². The summed E-state index contributed by atoms with van der Waals surface area (Å²) in [6.07, 6.45) is 0.909. The van der Waals surface area contributed by atoms with Crippen molar-refractivity contribution in [3.8, 4) is 11.4 Å². The summed E-state index contributed by atoms with van der Waals surface area (Å²) in [7, 11) is 1.28. The Labute approximate surface area is 223 Å². The van der Waals surface area contributed by atoms with Crippen molar-refractivity contribution in [3.63, 3.8) is 0 Å². The lowest BCUT2D eigenvalue weighted by atomic mass is 10.00. The van der Waals surface area contributed by atoms with E-state index in [1.54, 1.807) is 9.80 Å². The lowest BCUT2D eigenvalue weighted by molar-refractivity contribution is 0.0408. The van der Waals surface area contributed by atoms with Gasteiger partial charge in [-0.25, -0.2) is 14.8 Å². The fourth-order valence-corrected chi connectivity index (χ4v) is 4.71. The number of hydrogen-bond donors (Lipinski definition) is 0. The smallest absolute Gasteiger partial charge is 0.342 e. The Kier molecular flexibility index (Phi) is 8.20. The predicted octanol–water partition coefficient (Wildman–Crippen LogP) is 4.60. The van der Waals surface area contributed by atoms with E-state index in [1.807, 2.05) is 75.4 Å². The quantitative estimate of drug-likeness (QED) is 0.447. The Morgan fingerprint density at radius 2 is 1.66 bits per heavy atom. The van der Waals surface area contributed by atoms with E-state index in [0.29, 0.717) is 36.7 Å². The van der Waals surface area contributed by atoms with Gasteiger partial charge < -0.3 is 14.5 Å². The standard InChI is InChI=1S/C30H34N4O4/c1-6-21-12-14-23(15-13-21)28(35)34-17-16-33(18-20(34)4)29(36)26-24(30(37)38-5)25(19(2)3)31-27(32-26)22-10-8-7-9-11-22/h7-15,19-20H,6,16-18H2,1-5H3. The fraction of sp³-hybridized carbons (Fsp3) is 0.367. The van der Waals surface area contributed by atoms with Gasteiger partial charge in [-0.15, -0.1) is 0 Å². The Balaban J connectivity index is 1.65. The second-order valence-electron chi connectivity index (χ2n) is 9.82. The number of aryl methyl sites for hydroxylation is 1. The van der Waals surface area contributed by atoms with Crippen molar-refractivity contribution >= 4 is 17.8 Å². The topological polar surface area (TPSA) is 92.7 Å². The van der Waals surface area contributed by atoms with E-state index < -0.39 is 5.97 Å². The summed E-state index contributed by atoms with van der Waals surface area (Å²) in [5.41, 5.74) is 3.13. The molecule has 2 heterocycles. The number of rotatable bonds is 6. The Morgan fingerprint density at radius 3 is 2.24 bits per heavy atom. The molecule has 2 amide bonds. The summed E-state index contributed by atoms with van der Waals surface area (Å²) in [6.45, 7) is 8.85. The molecule has 8 heteroatoms. The number of esters is 1. The van der Waals surface area contributed by atoms with Crippen LogP contribution in [-0.4, -0.2) is 70.3 Å². The first-order valence-electron chi connectivity index (χ1n) is 13.0. The van der Waals surface area contributed by atoms with Crippen molar-refractivity contribution in [3.05, 3.63) is 82.7 Å². The molecule has 198 valence electrons. The highest BCUT2D eigenvalue weighted by Gasteiger charge is 2.35. The third kappa shape index (κ3) is 5.44. The van der Waals surface area contributed by atoms with Crippen LogP contribution in [0.25, 0.3) is 11.4 Å². The van der Waals surface area contributed by atoms with Gasteiger partial charge in [-0.2, -0.15) is 0 Å². The van der Waals surface area contributed by atoms with E-state index in [2.05, 4.69) is 16.9 Å². The average molecular weight is 515 g/mol. The second-order valence-corrected chi connectivity index (χ2v) is 9.82. The number of carbonyl (C=O) groups excluding carboxylic acids is 3. The highest BCUT2D eigenvalue weighted by Crippen LogP contribution is 2.27. The number of piperazine rings is 1. The molecule has 1 fully saturated rings. The minimum atomic E-state index is -0.644. The molecule has 1 saturated heterocycles. The van der Waals surface area contributed by atoms with Crippen LogP contribution in [0.15, 0.2) is 54.6 Å². The van der Waals surface area contributed by atoms with Crippen LogP contribution in [0.3, 0.4) is 0 Å². The van der Waals surface area contributed by atoms with Crippen LogP contribution in [0.4, 0.5) is 0 Å². The normalized spacial score (nSPS) is 15.5. The number of hydrogen-bond acceptors (Lipinski definition) is 6. The molecular formula is C30H34N4O4. The zero-order valence-corrected chi connectivity index (χ0v) is 22.6. The minimum Gasteiger partial charge on any atom is -0.465 e. The van der Waals surface area contributed by atoms with E-state index in [9.17, 15) is 14.4 Å². The van der Waals surface area contributed by atoms with Gasteiger partial charge >= 0.3 is 5.97 Å². The first kappa shape index (κ1) is 27.0. The van der Waals surface area contributed by atoms with Gasteiger partial charge in [0.15, 0.2) is 5.82 Å². The zero-order valence-electron chi connectivity index (χ0n) is 22.6. The summed E-state index contributed by atoms with van der Waals surface area (Å²) in [6, 6.07) is 16.8. The molecule has 0 bridgehead atoms. The molecule has 0 N–H and O–H groups in total. The highest BCUT2D eigenvalue weighted by atomic mass is 16.5. The highest BCUT2D eigenvalue weighted by molar-refractivity contribution is 6.05. The molecule has 4 rings (SSSR count). The molecule has 3 aromatic rings. The largest absolute Gasteiger partial charge is 0.465 e. The van der Waals surface area contributed by atoms with E-state index in [1.165, 1.54) is 12.7 Å². The Hall–Kier alpha value is -4.07. The molecule has 2 aromatic carbocycles. The van der Waals surface area contributed by atoms with Gasteiger partial charge in [0.2, 0.25) is 0 Å². The summed E-state index contributed by atoms with van der Waals surface area (Å²) >= 11 is 0. The predicted molar refractivity (Wildman–Crippen MR) is 145 cm³/mol. The fourth-order valence-electron chi connectivity index (χ4n) is 4.71. The van der Waals surface area contributed by atoms with E-state index in [0.717, 1.165) is 12.0 Å². The maximum atomic E-state index is 13.9. The number of methoxy groups -OCH3 is 1. The lowest BCUT2D eigenvalue weighted by Crippen LogP contribution is -2.55. The van der Waals surface area contributed by atoms with Crippen molar-refractivity contribution in [2.24, 2.45) is 0 Å². The summed E-state index contributed by atoms with van der Waals surface area (Å²) in [5, 5.41) is 0. The van der Waals surface area contributed by atoms with E-state index in [-0.39, 0.29) is 35.0 Å². The maximum Gasteiger partial charge on any atom is 0.342 e. The van der Waals surface area contributed by atoms with Crippen LogP contribution in [0, 0.1) is 0 Å². The van der Waals surface area contributed by atoms with Crippen molar-refractivity contribution in [1.29, 1.82) is 0 Å². The van der Waals surface area contributed by atoms with Crippen LogP contribution >= 0.6 is 0 Å². The van der Waals surface area contributed by atoms with Gasteiger partial charge in [0.05, 0.1) is 12.8 Å². The second kappa shape index (κ2) is 11.5. The molecule has 0 spiro atoms. The lowest BCUT2D eigenvalue weighted by Gasteiger charge is -2.40. The molecule has 0 radical (unpaired) electrons. The Morgan fingerprint density at radius 1 is 0.974 bits per heavy atom. The van der Waals surface area contributed by atoms with Gasteiger partial charge in [0.25, 0.3) is 11.8 Å². The van der Waals surface area contributed by atoms with Crippen molar-refractivity contribution in [2.75, 3.05) is 26.7 Å². The first-order valence-corrected chi connectivity index (χ1v) is 13.0. The van der Waals surface area contributed by atoms with Crippen molar-refractivity contribution in [2.45, 2.75) is 46.1 Å². The summed E-state index contributed by atoms with van der Waals surface area (Å²) < 4.78 is 5.04. The van der Waals surface area contributed by atoms with Gasteiger partial charge in [-0.05, 0) is 37.0 Å². The molecule has 1 aliphatic rings. The van der Waals surface area contributed by atoms with Gasteiger partial charge in [-0.1, -0.05) is 63.2 Å². The van der Waals surface area contributed by atoms with Crippen LogP contribution in [0.5, 0.6) is 0 Å². The third-order valence-corrected chi connectivity index (χ3v) is 6.89. The van der Waals surface area contributed by atoms with Crippen LogP contribution in [0.1, 0.15) is 76.1 Å². The minimum absolute atomic E-state index is 0.0246. The molecule has 38 heavy (non-hydrogen) atoms. The molecule has 0 aliphatic carbocycles. The summed E-state index contributed by atoms with van der Waals surface area (Å²) in [4.78, 5) is 52.7. The van der Waals surface area contributed by atoms with Crippen LogP contribution < -0.4 is 0 Å². The van der Waals surface area contributed by atoms with Crippen LogP contribution in [0.2, 0.25) is 0 Å². The Bertz CT molecular complexity index is 1320. The van der Waals surface area contributed by atoms with Crippen molar-refractivity contribution < 1.29 is 19.1 Å². The van der Waals surface area contributed by atoms with E-state index >= 15 is 0 Å². The number of aromatic nitrogens is 2. The van der Waals surface area contributed by atoms with Gasteiger partial charge in [0.1, 0.15) is 11.3 Å². The van der Waals surface area contributed by atoms with Crippen LogP contribution in [-0.2, 0) is 11.2 Å². The number of carbonyl (C=O) groups is 3. The first-order chi connectivity index (χ1) is 18.2. The molecule has 0 saturated carbocycles.